The minimum Gasteiger partial charge on any atom is -0.367 e. The third-order valence-electron chi connectivity index (χ3n) is 2.75. The number of carbonyl (C=O) groups excluding carboxylic acids is 1. The lowest BCUT2D eigenvalue weighted by molar-refractivity contribution is -0.109. The summed E-state index contributed by atoms with van der Waals surface area (Å²) in [5.74, 6) is -0.108. The third-order valence-corrected chi connectivity index (χ3v) is 2.75. The molecule has 1 aromatic rings. The molecule has 0 bridgehead atoms. The van der Waals surface area contributed by atoms with E-state index in [0.717, 1.165) is 11.1 Å². The summed E-state index contributed by atoms with van der Waals surface area (Å²) in [7, 11) is 0. The fraction of sp³-hybridized carbons (Fsp3) is 0.417. The van der Waals surface area contributed by atoms with E-state index in [1.807, 2.05) is 25.1 Å². The Morgan fingerprint density at radius 2 is 2.27 bits per heavy atom. The van der Waals surface area contributed by atoms with E-state index in [1.54, 1.807) is 6.07 Å². The van der Waals surface area contributed by atoms with Gasteiger partial charge in [-0.3, -0.25) is 4.79 Å². The fourth-order valence-corrected chi connectivity index (χ4v) is 2.04. The van der Waals surface area contributed by atoms with Gasteiger partial charge in [0.15, 0.2) is 12.1 Å². The van der Waals surface area contributed by atoms with Crippen molar-refractivity contribution in [1.29, 1.82) is 0 Å². The van der Waals surface area contributed by atoms with E-state index in [1.165, 1.54) is 0 Å². The van der Waals surface area contributed by atoms with Gasteiger partial charge in [-0.15, -0.1) is 0 Å². The first-order valence-electron chi connectivity index (χ1n) is 5.15. The van der Waals surface area contributed by atoms with Crippen LogP contribution in [0.2, 0.25) is 0 Å². The number of hydrogen-bond acceptors (Lipinski definition) is 3. The first-order valence-corrected chi connectivity index (χ1v) is 5.15. The van der Waals surface area contributed by atoms with Crippen LogP contribution in [-0.4, -0.2) is 23.8 Å². The Morgan fingerprint density at radius 3 is 3.00 bits per heavy atom. The maximum Gasteiger partial charge on any atom is 0.163 e. The second kappa shape index (κ2) is 4.13. The molecule has 1 aromatic carbocycles. The predicted molar refractivity (Wildman–Crippen MR) is 55.8 cm³/mol. The van der Waals surface area contributed by atoms with Crippen LogP contribution in [0.4, 0.5) is 0 Å². The molecular weight excluding hydrogens is 192 g/mol. The highest BCUT2D eigenvalue weighted by atomic mass is 16.6. The molecule has 0 saturated carbocycles. The number of Topliss-reactive ketones (excluding diaryl/α,β-unsaturated/α-hetero) is 1. The number of fused-ring (bicyclic) bond motifs is 1. The molecule has 1 aliphatic rings. The number of ketones is 1. The summed E-state index contributed by atoms with van der Waals surface area (Å²) in [4.78, 5) is 11.6. The van der Waals surface area contributed by atoms with Gasteiger partial charge in [0.2, 0.25) is 0 Å². The third kappa shape index (κ3) is 1.80. The number of rotatable bonds is 3. The van der Waals surface area contributed by atoms with E-state index in [9.17, 15) is 9.90 Å². The maximum atomic E-state index is 11.6. The van der Waals surface area contributed by atoms with Crippen LogP contribution < -0.4 is 0 Å². The molecule has 2 atom stereocenters. The van der Waals surface area contributed by atoms with Crippen LogP contribution in [-0.2, 0) is 4.74 Å². The zero-order valence-corrected chi connectivity index (χ0v) is 8.64. The molecule has 1 N–H and O–H groups in total. The number of aliphatic hydroxyl groups excluding tert-OH is 1. The quantitative estimate of drug-likeness (QED) is 0.766. The molecule has 2 rings (SSSR count). The first kappa shape index (κ1) is 10.3. The van der Waals surface area contributed by atoms with Crippen LogP contribution in [0, 0.1) is 0 Å². The van der Waals surface area contributed by atoms with Gasteiger partial charge < -0.3 is 9.84 Å². The SMILES string of the molecule is CCOC(O)C1CC(=O)c2ccccc21. The van der Waals surface area contributed by atoms with Gasteiger partial charge in [-0.1, -0.05) is 24.3 Å². The Hall–Kier alpha value is -1.19. The van der Waals surface area contributed by atoms with Gasteiger partial charge in [0.1, 0.15) is 0 Å². The molecule has 1 aliphatic carbocycles. The summed E-state index contributed by atoms with van der Waals surface area (Å²) in [5.41, 5.74) is 1.63. The van der Waals surface area contributed by atoms with Crippen molar-refractivity contribution in [2.75, 3.05) is 6.61 Å². The molecule has 0 saturated heterocycles. The number of benzene rings is 1. The van der Waals surface area contributed by atoms with Gasteiger partial charge >= 0.3 is 0 Å². The molecule has 0 fully saturated rings. The van der Waals surface area contributed by atoms with Crippen LogP contribution in [0.5, 0.6) is 0 Å². The van der Waals surface area contributed by atoms with Crippen molar-refractivity contribution in [1.82, 2.24) is 0 Å². The highest BCUT2D eigenvalue weighted by molar-refractivity contribution is 6.01. The normalized spacial score (nSPS) is 21.5. The van der Waals surface area contributed by atoms with Crippen molar-refractivity contribution >= 4 is 5.78 Å². The highest BCUT2D eigenvalue weighted by Crippen LogP contribution is 2.35. The van der Waals surface area contributed by atoms with Crippen molar-refractivity contribution in [2.24, 2.45) is 0 Å². The monoisotopic (exact) mass is 206 g/mol. The Bertz CT molecular complexity index is 373. The molecule has 80 valence electrons. The van der Waals surface area contributed by atoms with Gasteiger partial charge in [0, 0.05) is 24.5 Å². The van der Waals surface area contributed by atoms with Crippen LogP contribution in [0.25, 0.3) is 0 Å². The van der Waals surface area contributed by atoms with E-state index in [4.69, 9.17) is 4.74 Å². The molecule has 3 nitrogen and oxygen atoms in total. The molecule has 3 heteroatoms. The summed E-state index contributed by atoms with van der Waals surface area (Å²) in [6.07, 6.45) is -0.525. The maximum absolute atomic E-state index is 11.6. The van der Waals surface area contributed by atoms with Gasteiger partial charge in [-0.25, -0.2) is 0 Å². The lowest BCUT2D eigenvalue weighted by Crippen LogP contribution is -2.20. The summed E-state index contributed by atoms with van der Waals surface area (Å²) >= 11 is 0. The summed E-state index contributed by atoms with van der Waals surface area (Å²) in [5, 5.41) is 9.74. The minimum atomic E-state index is -0.873. The first-order chi connectivity index (χ1) is 7.24. The summed E-state index contributed by atoms with van der Waals surface area (Å²) in [6, 6.07) is 7.40. The van der Waals surface area contributed by atoms with E-state index >= 15 is 0 Å². The molecule has 0 amide bonds. The van der Waals surface area contributed by atoms with E-state index in [0.29, 0.717) is 13.0 Å². The van der Waals surface area contributed by atoms with Gasteiger partial charge in [-0.05, 0) is 12.5 Å². The smallest absolute Gasteiger partial charge is 0.163 e. The van der Waals surface area contributed by atoms with Crippen LogP contribution in [0.15, 0.2) is 24.3 Å². The number of hydrogen-bond donors (Lipinski definition) is 1. The standard InChI is InChI=1S/C12H14O3/c1-2-15-12(14)10-7-11(13)9-6-4-3-5-8(9)10/h3-6,10,12,14H,2,7H2,1H3. The van der Waals surface area contributed by atoms with Crippen LogP contribution in [0.1, 0.15) is 35.2 Å². The lowest BCUT2D eigenvalue weighted by atomic mass is 10.0. The average Bonchev–Trinajstić information content (AvgIpc) is 2.58. The average molecular weight is 206 g/mol. The van der Waals surface area contributed by atoms with E-state index in [2.05, 4.69) is 0 Å². The number of ether oxygens (including phenoxy) is 1. The molecule has 0 radical (unpaired) electrons. The molecule has 0 heterocycles. The molecule has 0 aromatic heterocycles. The van der Waals surface area contributed by atoms with Gasteiger partial charge in [0.25, 0.3) is 0 Å². The fourth-order valence-electron chi connectivity index (χ4n) is 2.04. The lowest BCUT2D eigenvalue weighted by Gasteiger charge is -2.17. The van der Waals surface area contributed by atoms with E-state index in [-0.39, 0.29) is 11.7 Å². The number of carbonyl (C=O) groups is 1. The van der Waals surface area contributed by atoms with Crippen molar-refractivity contribution in [3.63, 3.8) is 0 Å². The Balaban J connectivity index is 2.28. The second-order valence-electron chi connectivity index (χ2n) is 3.67. The molecule has 0 spiro atoms. The van der Waals surface area contributed by atoms with Crippen molar-refractivity contribution < 1.29 is 14.6 Å². The van der Waals surface area contributed by atoms with Gasteiger partial charge in [0.05, 0.1) is 0 Å². The van der Waals surface area contributed by atoms with Gasteiger partial charge in [-0.2, -0.15) is 0 Å². The Labute approximate surface area is 88.7 Å². The zero-order valence-electron chi connectivity index (χ0n) is 8.64. The number of aliphatic hydroxyl groups is 1. The van der Waals surface area contributed by atoms with Crippen molar-refractivity contribution in [3.05, 3.63) is 35.4 Å². The Morgan fingerprint density at radius 1 is 1.53 bits per heavy atom. The van der Waals surface area contributed by atoms with Crippen LogP contribution in [0.3, 0.4) is 0 Å². The largest absolute Gasteiger partial charge is 0.367 e. The summed E-state index contributed by atoms with van der Waals surface area (Å²) in [6.45, 7) is 2.28. The minimum absolute atomic E-state index is 0.0920. The molecule has 0 aliphatic heterocycles. The topological polar surface area (TPSA) is 46.5 Å². The molecule has 2 unspecified atom stereocenters. The van der Waals surface area contributed by atoms with E-state index < -0.39 is 6.29 Å². The van der Waals surface area contributed by atoms with Crippen molar-refractivity contribution in [3.8, 4) is 0 Å². The Kier molecular flexibility index (Phi) is 2.84. The van der Waals surface area contributed by atoms with Crippen molar-refractivity contribution in [2.45, 2.75) is 25.6 Å². The molecule has 15 heavy (non-hydrogen) atoms. The highest BCUT2D eigenvalue weighted by Gasteiger charge is 2.33. The zero-order chi connectivity index (χ0) is 10.8. The van der Waals surface area contributed by atoms with Crippen LogP contribution >= 0.6 is 0 Å². The molecular formula is C12H14O3. The summed E-state index contributed by atoms with van der Waals surface area (Å²) < 4.78 is 5.13. The second-order valence-corrected chi connectivity index (χ2v) is 3.67. The predicted octanol–water partition coefficient (Wildman–Crippen LogP) is 1.71.